The standard InChI is InChI=1S/C13H18FNO/c1-5-9-8-10(14)6-7-11(9)15-12(16)13(2,3)4/h6-8H,5H2,1-4H3,(H,15,16). The molecule has 16 heavy (non-hydrogen) atoms. The molecule has 1 N–H and O–H groups in total. The van der Waals surface area contributed by atoms with Crippen LogP contribution in [-0.2, 0) is 11.2 Å². The molecule has 0 saturated heterocycles. The zero-order valence-corrected chi connectivity index (χ0v) is 10.2. The van der Waals surface area contributed by atoms with E-state index in [9.17, 15) is 9.18 Å². The average molecular weight is 223 g/mol. The third-order valence-corrected chi connectivity index (χ3v) is 2.38. The van der Waals surface area contributed by atoms with Gasteiger partial charge in [0, 0.05) is 11.1 Å². The Labute approximate surface area is 95.9 Å². The first-order valence-electron chi connectivity index (χ1n) is 5.44. The highest BCUT2D eigenvalue weighted by molar-refractivity contribution is 5.95. The second kappa shape index (κ2) is 4.64. The lowest BCUT2D eigenvalue weighted by molar-refractivity contribution is -0.123. The molecular formula is C13H18FNO. The van der Waals surface area contributed by atoms with Gasteiger partial charge in [-0.1, -0.05) is 27.7 Å². The van der Waals surface area contributed by atoms with Gasteiger partial charge in [0.25, 0.3) is 0 Å². The van der Waals surface area contributed by atoms with Crippen LogP contribution in [0.4, 0.5) is 10.1 Å². The van der Waals surface area contributed by atoms with E-state index in [2.05, 4.69) is 5.32 Å². The molecule has 0 aliphatic rings. The Morgan fingerprint density at radius 3 is 2.50 bits per heavy atom. The zero-order valence-electron chi connectivity index (χ0n) is 10.2. The molecule has 0 bridgehead atoms. The zero-order chi connectivity index (χ0) is 12.3. The van der Waals surface area contributed by atoms with Gasteiger partial charge in [0.1, 0.15) is 5.82 Å². The normalized spacial score (nSPS) is 11.3. The number of carbonyl (C=O) groups is 1. The maximum Gasteiger partial charge on any atom is 0.229 e. The summed E-state index contributed by atoms with van der Waals surface area (Å²) >= 11 is 0. The van der Waals surface area contributed by atoms with E-state index in [1.54, 1.807) is 6.07 Å². The largest absolute Gasteiger partial charge is 0.325 e. The third kappa shape index (κ3) is 3.05. The Kier molecular flexibility index (Phi) is 3.68. The molecule has 0 unspecified atom stereocenters. The van der Waals surface area contributed by atoms with Crippen LogP contribution in [0.3, 0.4) is 0 Å². The maximum atomic E-state index is 13.0. The topological polar surface area (TPSA) is 29.1 Å². The third-order valence-electron chi connectivity index (χ3n) is 2.38. The number of hydrogen-bond donors (Lipinski definition) is 1. The molecule has 0 fully saturated rings. The summed E-state index contributed by atoms with van der Waals surface area (Å²) in [6, 6.07) is 4.42. The van der Waals surface area contributed by atoms with Crippen molar-refractivity contribution in [1.82, 2.24) is 0 Å². The van der Waals surface area contributed by atoms with E-state index >= 15 is 0 Å². The molecule has 0 saturated carbocycles. The highest BCUT2D eigenvalue weighted by Gasteiger charge is 2.21. The molecule has 0 heterocycles. The van der Waals surface area contributed by atoms with E-state index in [0.29, 0.717) is 12.1 Å². The predicted octanol–water partition coefficient (Wildman–Crippen LogP) is 3.37. The van der Waals surface area contributed by atoms with Gasteiger partial charge in [-0.2, -0.15) is 0 Å². The van der Waals surface area contributed by atoms with Gasteiger partial charge < -0.3 is 5.32 Å². The fourth-order valence-electron chi connectivity index (χ4n) is 1.29. The number of carbonyl (C=O) groups excluding carboxylic acids is 1. The second-order valence-electron chi connectivity index (χ2n) is 4.86. The van der Waals surface area contributed by atoms with E-state index in [-0.39, 0.29) is 11.7 Å². The lowest BCUT2D eigenvalue weighted by atomic mass is 9.95. The van der Waals surface area contributed by atoms with Crippen molar-refractivity contribution in [3.8, 4) is 0 Å². The van der Waals surface area contributed by atoms with Gasteiger partial charge in [-0.15, -0.1) is 0 Å². The SMILES string of the molecule is CCc1cc(F)ccc1NC(=O)C(C)(C)C. The molecule has 2 nitrogen and oxygen atoms in total. The van der Waals surface area contributed by atoms with Gasteiger partial charge in [0.15, 0.2) is 0 Å². The minimum absolute atomic E-state index is 0.0613. The van der Waals surface area contributed by atoms with E-state index in [0.717, 1.165) is 5.56 Å². The van der Waals surface area contributed by atoms with Crippen molar-refractivity contribution >= 4 is 11.6 Å². The van der Waals surface area contributed by atoms with E-state index in [1.807, 2.05) is 27.7 Å². The van der Waals surface area contributed by atoms with Gasteiger partial charge in [0.2, 0.25) is 5.91 Å². The van der Waals surface area contributed by atoms with Crippen LogP contribution < -0.4 is 5.32 Å². The molecule has 0 atom stereocenters. The smallest absolute Gasteiger partial charge is 0.229 e. The first kappa shape index (κ1) is 12.7. The summed E-state index contributed by atoms with van der Waals surface area (Å²) in [6.07, 6.45) is 0.692. The van der Waals surface area contributed by atoms with Crippen molar-refractivity contribution in [2.75, 3.05) is 5.32 Å². The van der Waals surface area contributed by atoms with Gasteiger partial charge in [-0.05, 0) is 30.2 Å². The van der Waals surface area contributed by atoms with Gasteiger partial charge >= 0.3 is 0 Å². The summed E-state index contributed by atoms with van der Waals surface area (Å²) in [7, 11) is 0. The van der Waals surface area contributed by atoms with Crippen LogP contribution in [0.5, 0.6) is 0 Å². The Balaban J connectivity index is 2.93. The van der Waals surface area contributed by atoms with Crippen LogP contribution in [0, 0.1) is 11.2 Å². The molecule has 1 aromatic carbocycles. The monoisotopic (exact) mass is 223 g/mol. The first-order valence-corrected chi connectivity index (χ1v) is 5.44. The highest BCUT2D eigenvalue weighted by atomic mass is 19.1. The number of anilines is 1. The summed E-state index contributed by atoms with van der Waals surface area (Å²) < 4.78 is 13.0. The van der Waals surface area contributed by atoms with Crippen molar-refractivity contribution in [3.05, 3.63) is 29.6 Å². The van der Waals surface area contributed by atoms with Crippen LogP contribution in [0.15, 0.2) is 18.2 Å². The van der Waals surface area contributed by atoms with Crippen molar-refractivity contribution < 1.29 is 9.18 Å². The molecule has 0 aliphatic carbocycles. The minimum atomic E-state index is -0.445. The van der Waals surface area contributed by atoms with Gasteiger partial charge in [-0.3, -0.25) is 4.79 Å². The maximum absolute atomic E-state index is 13.0. The lowest BCUT2D eigenvalue weighted by Crippen LogP contribution is -2.28. The van der Waals surface area contributed by atoms with E-state index in [4.69, 9.17) is 0 Å². The Morgan fingerprint density at radius 1 is 1.38 bits per heavy atom. The van der Waals surface area contributed by atoms with Crippen molar-refractivity contribution in [1.29, 1.82) is 0 Å². The Bertz CT molecular complexity index is 393. The quantitative estimate of drug-likeness (QED) is 0.818. The van der Waals surface area contributed by atoms with Crippen LogP contribution >= 0.6 is 0 Å². The van der Waals surface area contributed by atoms with Crippen LogP contribution in [0.2, 0.25) is 0 Å². The molecule has 88 valence electrons. The van der Waals surface area contributed by atoms with Crippen LogP contribution in [0.1, 0.15) is 33.3 Å². The number of nitrogens with one attached hydrogen (secondary N) is 1. The lowest BCUT2D eigenvalue weighted by Gasteiger charge is -2.19. The fraction of sp³-hybridized carbons (Fsp3) is 0.462. The summed E-state index contributed by atoms with van der Waals surface area (Å²) in [4.78, 5) is 11.8. The Hall–Kier alpha value is -1.38. The van der Waals surface area contributed by atoms with Crippen molar-refractivity contribution in [2.45, 2.75) is 34.1 Å². The van der Waals surface area contributed by atoms with E-state index < -0.39 is 5.41 Å². The summed E-state index contributed by atoms with van der Waals surface area (Å²) in [5.41, 5.74) is 1.07. The molecular weight excluding hydrogens is 205 g/mol. The molecule has 3 heteroatoms. The first-order chi connectivity index (χ1) is 7.34. The summed E-state index contributed by atoms with van der Waals surface area (Å²) in [5, 5.41) is 2.82. The van der Waals surface area contributed by atoms with E-state index in [1.165, 1.54) is 12.1 Å². The number of aryl methyl sites for hydroxylation is 1. The highest BCUT2D eigenvalue weighted by Crippen LogP contribution is 2.21. The molecule has 1 aromatic rings. The number of hydrogen-bond acceptors (Lipinski definition) is 1. The Morgan fingerprint density at radius 2 is 2.00 bits per heavy atom. The molecule has 0 radical (unpaired) electrons. The van der Waals surface area contributed by atoms with Crippen molar-refractivity contribution in [2.24, 2.45) is 5.41 Å². The summed E-state index contributed by atoms with van der Waals surface area (Å²) in [6.45, 7) is 7.47. The second-order valence-corrected chi connectivity index (χ2v) is 4.86. The average Bonchev–Trinajstić information content (AvgIpc) is 2.19. The van der Waals surface area contributed by atoms with Crippen molar-refractivity contribution in [3.63, 3.8) is 0 Å². The molecule has 1 rings (SSSR count). The summed E-state index contributed by atoms with van der Waals surface area (Å²) in [5.74, 6) is -0.334. The molecule has 1 amide bonds. The van der Waals surface area contributed by atoms with Crippen LogP contribution in [-0.4, -0.2) is 5.91 Å². The molecule has 0 aromatic heterocycles. The number of benzene rings is 1. The molecule has 0 aliphatic heterocycles. The predicted molar refractivity (Wildman–Crippen MR) is 63.9 cm³/mol. The molecule has 0 spiro atoms. The minimum Gasteiger partial charge on any atom is -0.325 e. The number of halogens is 1. The van der Waals surface area contributed by atoms with Crippen LogP contribution in [0.25, 0.3) is 0 Å². The fourth-order valence-corrected chi connectivity index (χ4v) is 1.29. The number of amides is 1. The van der Waals surface area contributed by atoms with Gasteiger partial charge in [-0.25, -0.2) is 4.39 Å². The number of rotatable bonds is 2. The van der Waals surface area contributed by atoms with Gasteiger partial charge in [0.05, 0.1) is 0 Å².